The Morgan fingerprint density at radius 3 is 2.69 bits per heavy atom. The molecule has 0 amide bonds. The van der Waals surface area contributed by atoms with Gasteiger partial charge in [0.05, 0.1) is 25.5 Å². The van der Waals surface area contributed by atoms with Crippen molar-refractivity contribution in [2.75, 3.05) is 6.54 Å². The number of guanidine groups is 1. The van der Waals surface area contributed by atoms with Gasteiger partial charge in [-0.25, -0.2) is 4.99 Å². The van der Waals surface area contributed by atoms with Gasteiger partial charge >= 0.3 is 0 Å². The second kappa shape index (κ2) is 11.1. The first-order valence-electron chi connectivity index (χ1n) is 9.14. The lowest BCUT2D eigenvalue weighted by molar-refractivity contribution is 0.208. The Bertz CT molecular complexity index is 667. The molecule has 0 radical (unpaired) electrons. The molecule has 2 aromatic rings. The lowest BCUT2D eigenvalue weighted by Gasteiger charge is -2.16. The van der Waals surface area contributed by atoms with E-state index in [0.717, 1.165) is 42.4 Å². The van der Waals surface area contributed by atoms with E-state index >= 15 is 0 Å². The van der Waals surface area contributed by atoms with Gasteiger partial charge in [-0.2, -0.15) is 0 Å². The third-order valence-corrected chi connectivity index (χ3v) is 4.33. The van der Waals surface area contributed by atoms with E-state index in [1.165, 1.54) is 12.8 Å². The second-order valence-corrected chi connectivity index (χ2v) is 6.26. The average Bonchev–Trinajstić information content (AvgIpc) is 3.32. The van der Waals surface area contributed by atoms with Crippen molar-refractivity contribution in [2.24, 2.45) is 4.99 Å². The molecule has 26 heavy (non-hydrogen) atoms. The fraction of sp³-hybridized carbons (Fsp3) is 0.450. The second-order valence-electron chi connectivity index (χ2n) is 6.26. The highest BCUT2D eigenvalue weighted by Gasteiger charge is 2.17. The van der Waals surface area contributed by atoms with Gasteiger partial charge < -0.3 is 19.8 Å². The van der Waals surface area contributed by atoms with Gasteiger partial charge in [0.15, 0.2) is 5.96 Å². The molecule has 0 bridgehead atoms. The predicted octanol–water partition coefficient (Wildman–Crippen LogP) is 4.47. The van der Waals surface area contributed by atoms with Gasteiger partial charge in [-0.3, -0.25) is 0 Å². The topological polar surface area (TPSA) is 58.8 Å². The Balaban J connectivity index is 0.00000243. The van der Waals surface area contributed by atoms with Crippen LogP contribution in [0.3, 0.4) is 0 Å². The van der Waals surface area contributed by atoms with Crippen molar-refractivity contribution >= 4 is 29.9 Å². The zero-order valence-electron chi connectivity index (χ0n) is 15.2. The fourth-order valence-electron chi connectivity index (χ4n) is 3.03. The first-order chi connectivity index (χ1) is 12.3. The van der Waals surface area contributed by atoms with Crippen molar-refractivity contribution < 1.29 is 9.15 Å². The van der Waals surface area contributed by atoms with E-state index in [0.29, 0.717) is 19.2 Å². The molecular weight excluding hydrogens is 441 g/mol. The van der Waals surface area contributed by atoms with Crippen molar-refractivity contribution in [2.45, 2.75) is 51.8 Å². The van der Waals surface area contributed by atoms with Crippen LogP contribution < -0.4 is 15.4 Å². The summed E-state index contributed by atoms with van der Waals surface area (Å²) in [4.78, 5) is 4.69. The number of hydrogen-bond acceptors (Lipinski definition) is 3. The van der Waals surface area contributed by atoms with Crippen molar-refractivity contribution in [3.63, 3.8) is 0 Å². The number of aliphatic imine (C=N–C) groups is 1. The minimum Gasteiger partial charge on any atom is -0.490 e. The molecule has 0 atom stereocenters. The molecule has 142 valence electrons. The smallest absolute Gasteiger partial charge is 0.191 e. The van der Waals surface area contributed by atoms with Gasteiger partial charge in [0.1, 0.15) is 11.5 Å². The number of benzene rings is 1. The quantitative estimate of drug-likeness (QED) is 0.357. The van der Waals surface area contributed by atoms with Crippen LogP contribution in [0, 0.1) is 0 Å². The van der Waals surface area contributed by atoms with Crippen molar-refractivity contribution in [3.05, 3.63) is 54.0 Å². The van der Waals surface area contributed by atoms with E-state index in [2.05, 4.69) is 23.6 Å². The first-order valence-corrected chi connectivity index (χ1v) is 9.14. The number of para-hydroxylation sites is 1. The maximum atomic E-state index is 6.19. The van der Waals surface area contributed by atoms with Crippen LogP contribution in [-0.4, -0.2) is 18.6 Å². The van der Waals surface area contributed by atoms with E-state index in [-0.39, 0.29) is 24.0 Å². The molecule has 1 saturated carbocycles. The molecule has 2 N–H and O–H groups in total. The van der Waals surface area contributed by atoms with Gasteiger partial charge in [0.2, 0.25) is 0 Å². The Hall–Kier alpha value is -1.70. The number of ether oxygens (including phenoxy) is 1. The van der Waals surface area contributed by atoms with Gasteiger partial charge in [-0.15, -0.1) is 24.0 Å². The van der Waals surface area contributed by atoms with Gasteiger partial charge in [-0.05, 0) is 50.8 Å². The van der Waals surface area contributed by atoms with Crippen LogP contribution in [-0.2, 0) is 13.1 Å². The summed E-state index contributed by atoms with van der Waals surface area (Å²) in [6.45, 7) is 4.06. The lowest BCUT2D eigenvalue weighted by Crippen LogP contribution is -2.36. The van der Waals surface area contributed by atoms with Gasteiger partial charge in [-0.1, -0.05) is 18.2 Å². The zero-order valence-corrected chi connectivity index (χ0v) is 17.6. The van der Waals surface area contributed by atoms with Gasteiger partial charge in [0, 0.05) is 12.1 Å². The maximum Gasteiger partial charge on any atom is 0.191 e. The third-order valence-electron chi connectivity index (χ3n) is 4.33. The van der Waals surface area contributed by atoms with Crippen LogP contribution in [0.4, 0.5) is 0 Å². The number of furan rings is 1. The summed E-state index contributed by atoms with van der Waals surface area (Å²) in [5.74, 6) is 2.62. The number of nitrogens with one attached hydrogen (secondary N) is 2. The summed E-state index contributed by atoms with van der Waals surface area (Å²) in [6, 6.07) is 12.0. The summed E-state index contributed by atoms with van der Waals surface area (Å²) in [7, 11) is 0. The molecule has 3 rings (SSSR count). The Kier molecular flexibility index (Phi) is 8.80. The van der Waals surface area contributed by atoms with Crippen LogP contribution in [0.2, 0.25) is 0 Å². The third kappa shape index (κ3) is 6.23. The standard InChI is InChI=1S/C20H27N3O2.HI/c1-2-21-20(23-15-18-11-7-13-24-18)22-14-16-8-3-6-12-19(16)25-17-9-4-5-10-17;/h3,6-8,11-13,17H,2,4-5,9-10,14-15H2,1H3,(H2,21,22,23);1H. The molecule has 1 aromatic carbocycles. The fourth-order valence-corrected chi connectivity index (χ4v) is 3.03. The molecule has 0 aliphatic heterocycles. The molecular formula is C20H28IN3O2. The molecule has 1 aliphatic carbocycles. The first kappa shape index (κ1) is 20.6. The van der Waals surface area contributed by atoms with Crippen LogP contribution >= 0.6 is 24.0 Å². The van der Waals surface area contributed by atoms with Crippen LogP contribution in [0.15, 0.2) is 52.1 Å². The number of halogens is 1. The average molecular weight is 469 g/mol. The summed E-state index contributed by atoms with van der Waals surface area (Å²) in [6.07, 6.45) is 6.89. The van der Waals surface area contributed by atoms with Crippen LogP contribution in [0.1, 0.15) is 43.9 Å². The maximum absolute atomic E-state index is 6.19. The van der Waals surface area contributed by atoms with E-state index in [1.54, 1.807) is 6.26 Å². The molecule has 1 aromatic heterocycles. The zero-order chi connectivity index (χ0) is 17.3. The van der Waals surface area contributed by atoms with Crippen LogP contribution in [0.25, 0.3) is 0 Å². The van der Waals surface area contributed by atoms with Crippen molar-refractivity contribution in [3.8, 4) is 5.75 Å². The molecule has 0 saturated heterocycles. The van der Waals surface area contributed by atoms with E-state index in [4.69, 9.17) is 14.1 Å². The number of rotatable bonds is 7. The predicted molar refractivity (Wildman–Crippen MR) is 115 cm³/mol. The summed E-state index contributed by atoms with van der Waals surface area (Å²) < 4.78 is 11.5. The number of hydrogen-bond donors (Lipinski definition) is 2. The normalized spacial score (nSPS) is 14.7. The van der Waals surface area contributed by atoms with Gasteiger partial charge in [0.25, 0.3) is 0 Å². The molecule has 1 fully saturated rings. The Morgan fingerprint density at radius 1 is 1.15 bits per heavy atom. The summed E-state index contributed by atoms with van der Waals surface area (Å²) >= 11 is 0. The minimum atomic E-state index is 0. The Morgan fingerprint density at radius 2 is 1.96 bits per heavy atom. The highest BCUT2D eigenvalue weighted by molar-refractivity contribution is 14.0. The van der Waals surface area contributed by atoms with Crippen LogP contribution in [0.5, 0.6) is 5.75 Å². The molecule has 1 aliphatic rings. The SMILES string of the molecule is CCNC(=NCc1ccccc1OC1CCCC1)NCc1ccco1.I. The molecule has 6 heteroatoms. The minimum absolute atomic E-state index is 0. The summed E-state index contributed by atoms with van der Waals surface area (Å²) in [5, 5.41) is 6.55. The van der Waals surface area contributed by atoms with E-state index < -0.39 is 0 Å². The Labute approximate surface area is 172 Å². The van der Waals surface area contributed by atoms with E-state index in [1.807, 2.05) is 30.3 Å². The highest BCUT2D eigenvalue weighted by Crippen LogP contribution is 2.27. The van der Waals surface area contributed by atoms with E-state index in [9.17, 15) is 0 Å². The highest BCUT2D eigenvalue weighted by atomic mass is 127. The van der Waals surface area contributed by atoms with Crippen molar-refractivity contribution in [1.29, 1.82) is 0 Å². The van der Waals surface area contributed by atoms with Crippen molar-refractivity contribution in [1.82, 2.24) is 10.6 Å². The molecule has 1 heterocycles. The number of nitrogens with zero attached hydrogens (tertiary/aromatic N) is 1. The lowest BCUT2D eigenvalue weighted by atomic mass is 10.2. The molecule has 0 unspecified atom stereocenters. The summed E-state index contributed by atoms with van der Waals surface area (Å²) in [5.41, 5.74) is 1.12. The molecule has 0 spiro atoms. The monoisotopic (exact) mass is 469 g/mol. The molecule has 5 nitrogen and oxygen atoms in total. The largest absolute Gasteiger partial charge is 0.490 e.